The van der Waals surface area contributed by atoms with Gasteiger partial charge in [0.1, 0.15) is 11.6 Å². The predicted molar refractivity (Wildman–Crippen MR) is 101 cm³/mol. The second kappa shape index (κ2) is 7.45. The molecule has 1 N–H and O–H groups in total. The molecule has 0 amide bonds. The van der Waals surface area contributed by atoms with Crippen LogP contribution in [-0.2, 0) is 13.0 Å². The van der Waals surface area contributed by atoms with Gasteiger partial charge in [0.2, 0.25) is 5.82 Å². The lowest BCUT2D eigenvalue weighted by atomic mass is 10.00. The molecule has 27 heavy (non-hydrogen) atoms. The summed E-state index contributed by atoms with van der Waals surface area (Å²) in [6.45, 7) is 4.80. The van der Waals surface area contributed by atoms with Crippen LogP contribution in [0.15, 0.2) is 42.7 Å². The lowest BCUT2D eigenvalue weighted by Gasteiger charge is -2.09. The van der Waals surface area contributed by atoms with Gasteiger partial charge in [-0.25, -0.2) is 9.67 Å². The van der Waals surface area contributed by atoms with Crippen LogP contribution in [0.5, 0.6) is 0 Å². The number of hydrogen-bond acceptors (Lipinski definition) is 6. The van der Waals surface area contributed by atoms with Gasteiger partial charge in [0, 0.05) is 24.4 Å². The van der Waals surface area contributed by atoms with E-state index >= 15 is 0 Å². The van der Waals surface area contributed by atoms with Crippen LogP contribution >= 0.6 is 0 Å². The van der Waals surface area contributed by atoms with Crippen LogP contribution in [0, 0.1) is 6.92 Å². The molecule has 0 atom stereocenters. The first-order valence-electron chi connectivity index (χ1n) is 8.92. The Labute approximate surface area is 156 Å². The van der Waals surface area contributed by atoms with Gasteiger partial charge in [-0.15, -0.1) is 10.2 Å². The van der Waals surface area contributed by atoms with Crippen LogP contribution in [0.3, 0.4) is 0 Å². The summed E-state index contributed by atoms with van der Waals surface area (Å²) in [6.07, 6.45) is 5.51. The van der Waals surface area contributed by atoms with Crippen molar-refractivity contribution in [3.05, 3.63) is 59.9 Å². The molecule has 136 valence electrons. The number of tetrazole rings is 1. The average Bonchev–Trinajstić information content (AvgIpc) is 3.33. The van der Waals surface area contributed by atoms with Crippen molar-refractivity contribution in [2.24, 2.45) is 0 Å². The Morgan fingerprint density at radius 2 is 1.93 bits per heavy atom. The minimum atomic E-state index is 0.532. The summed E-state index contributed by atoms with van der Waals surface area (Å²) < 4.78 is 1.99. The quantitative estimate of drug-likeness (QED) is 0.568. The zero-order chi connectivity index (χ0) is 18.6. The first kappa shape index (κ1) is 17.0. The molecule has 0 aliphatic carbocycles. The molecule has 0 aliphatic rings. The highest BCUT2D eigenvalue weighted by molar-refractivity contribution is 5.79. The van der Waals surface area contributed by atoms with E-state index in [1.807, 2.05) is 17.7 Å². The summed E-state index contributed by atoms with van der Waals surface area (Å²) in [5, 5.41) is 18.8. The first-order valence-corrected chi connectivity index (χ1v) is 8.92. The molecule has 0 aliphatic heterocycles. The topological polar surface area (TPSA) is 98.1 Å². The van der Waals surface area contributed by atoms with Crippen molar-refractivity contribution >= 4 is 0 Å². The van der Waals surface area contributed by atoms with Gasteiger partial charge < -0.3 is 0 Å². The van der Waals surface area contributed by atoms with Crippen LogP contribution in [0.1, 0.15) is 30.6 Å². The molecule has 8 nitrogen and oxygen atoms in total. The van der Waals surface area contributed by atoms with Gasteiger partial charge in [-0.1, -0.05) is 31.2 Å². The lowest BCUT2D eigenvalue weighted by Crippen LogP contribution is -2.07. The van der Waals surface area contributed by atoms with Gasteiger partial charge >= 0.3 is 0 Å². The fraction of sp³-hybridized carbons (Fsp3) is 0.263. The highest BCUT2D eigenvalue weighted by atomic mass is 15.5. The number of nitrogens with zero attached hydrogens (tertiary/aromatic N) is 7. The molecule has 0 radical (unpaired) electrons. The number of hydrogen-bond donors (Lipinski definition) is 1. The molecule has 4 rings (SSSR count). The molecular formula is C19H20N8. The molecule has 0 spiro atoms. The maximum absolute atomic E-state index is 4.52. The summed E-state index contributed by atoms with van der Waals surface area (Å²) >= 11 is 0. The van der Waals surface area contributed by atoms with Crippen LogP contribution in [0.25, 0.3) is 22.5 Å². The second-order valence-electron chi connectivity index (χ2n) is 6.34. The smallest absolute Gasteiger partial charge is 0.206 e. The van der Waals surface area contributed by atoms with Gasteiger partial charge in [-0.2, -0.15) is 10.3 Å². The molecule has 3 aromatic heterocycles. The number of aromatic amines is 1. The van der Waals surface area contributed by atoms with E-state index in [-0.39, 0.29) is 0 Å². The number of nitrogens with one attached hydrogen (secondary N) is 1. The lowest BCUT2D eigenvalue weighted by molar-refractivity contribution is 0.627. The van der Waals surface area contributed by atoms with E-state index in [0.29, 0.717) is 12.4 Å². The van der Waals surface area contributed by atoms with Gasteiger partial charge in [0.15, 0.2) is 0 Å². The van der Waals surface area contributed by atoms with Crippen molar-refractivity contribution in [1.82, 2.24) is 40.4 Å². The van der Waals surface area contributed by atoms with Crippen LogP contribution < -0.4 is 0 Å². The first-order chi connectivity index (χ1) is 13.2. The van der Waals surface area contributed by atoms with Crippen molar-refractivity contribution in [3.63, 3.8) is 0 Å². The van der Waals surface area contributed by atoms with E-state index in [1.165, 1.54) is 5.56 Å². The maximum Gasteiger partial charge on any atom is 0.206 e. The van der Waals surface area contributed by atoms with E-state index in [0.717, 1.165) is 41.2 Å². The number of benzene rings is 1. The second-order valence-corrected chi connectivity index (χ2v) is 6.34. The molecule has 0 unspecified atom stereocenters. The zero-order valence-corrected chi connectivity index (χ0v) is 15.3. The highest BCUT2D eigenvalue weighted by Crippen LogP contribution is 2.29. The third-order valence-electron chi connectivity index (χ3n) is 4.33. The summed E-state index contributed by atoms with van der Waals surface area (Å²) in [5.41, 5.74) is 4.11. The molecule has 3 heterocycles. The minimum absolute atomic E-state index is 0.532. The fourth-order valence-electron chi connectivity index (χ4n) is 3.10. The Morgan fingerprint density at radius 3 is 2.67 bits per heavy atom. The van der Waals surface area contributed by atoms with Crippen molar-refractivity contribution in [1.29, 1.82) is 0 Å². The largest absolute Gasteiger partial charge is 0.264 e. The number of H-pyrrole nitrogens is 1. The molecular weight excluding hydrogens is 340 g/mol. The molecule has 8 heteroatoms. The molecule has 4 aromatic rings. The number of aryl methyl sites for hydroxylation is 2. The third kappa shape index (κ3) is 3.59. The number of aromatic nitrogens is 8. The fourth-order valence-corrected chi connectivity index (χ4v) is 3.10. The van der Waals surface area contributed by atoms with Gasteiger partial charge in [-0.3, -0.25) is 4.98 Å². The van der Waals surface area contributed by atoms with E-state index < -0.39 is 0 Å². The Balaban J connectivity index is 1.61. The zero-order valence-electron chi connectivity index (χ0n) is 15.3. The van der Waals surface area contributed by atoms with E-state index in [4.69, 9.17) is 0 Å². The summed E-state index contributed by atoms with van der Waals surface area (Å²) in [5.74, 6) is 2.38. The van der Waals surface area contributed by atoms with Gasteiger partial charge in [0.25, 0.3) is 0 Å². The number of pyridine rings is 1. The third-order valence-corrected chi connectivity index (χ3v) is 4.33. The minimum Gasteiger partial charge on any atom is -0.264 e. The van der Waals surface area contributed by atoms with Gasteiger partial charge in [0.05, 0.1) is 6.54 Å². The Bertz CT molecular complexity index is 1020. The molecule has 1 aromatic carbocycles. The molecule has 0 saturated carbocycles. The van der Waals surface area contributed by atoms with Crippen molar-refractivity contribution in [3.8, 4) is 22.5 Å². The standard InChI is InChI=1S/C19H20N8/c1-3-4-18-21-13(2)24-27(18)12-14-5-7-15(8-6-14)16-9-10-20-11-17(16)19-22-25-26-23-19/h5-11H,3-4,12H2,1-2H3,(H,22,23,25,26). The molecule has 0 bridgehead atoms. The summed E-state index contributed by atoms with van der Waals surface area (Å²) in [4.78, 5) is 8.71. The van der Waals surface area contributed by atoms with E-state index in [1.54, 1.807) is 12.4 Å². The van der Waals surface area contributed by atoms with E-state index in [2.05, 4.69) is 66.9 Å². The highest BCUT2D eigenvalue weighted by Gasteiger charge is 2.12. The van der Waals surface area contributed by atoms with Crippen LogP contribution in [0.2, 0.25) is 0 Å². The SMILES string of the molecule is CCCc1nc(C)nn1Cc1ccc(-c2ccncc2-c2nn[nH]n2)cc1. The van der Waals surface area contributed by atoms with E-state index in [9.17, 15) is 0 Å². The Morgan fingerprint density at radius 1 is 1.07 bits per heavy atom. The summed E-state index contributed by atoms with van der Waals surface area (Å²) in [7, 11) is 0. The van der Waals surface area contributed by atoms with Crippen LogP contribution in [-0.4, -0.2) is 40.4 Å². The average molecular weight is 360 g/mol. The summed E-state index contributed by atoms with van der Waals surface area (Å²) in [6, 6.07) is 10.4. The monoisotopic (exact) mass is 360 g/mol. The van der Waals surface area contributed by atoms with Crippen molar-refractivity contribution in [2.45, 2.75) is 33.2 Å². The van der Waals surface area contributed by atoms with Crippen molar-refractivity contribution in [2.75, 3.05) is 0 Å². The van der Waals surface area contributed by atoms with Crippen LogP contribution in [0.4, 0.5) is 0 Å². The normalized spacial score (nSPS) is 11.0. The predicted octanol–water partition coefficient (Wildman–Crippen LogP) is 2.83. The Kier molecular flexibility index (Phi) is 4.69. The van der Waals surface area contributed by atoms with Gasteiger partial charge in [-0.05, 0) is 41.3 Å². The number of rotatable bonds is 6. The maximum atomic E-state index is 4.52. The molecule has 0 fully saturated rings. The molecule has 0 saturated heterocycles. The Hall–Kier alpha value is -3.42. The van der Waals surface area contributed by atoms with Crippen molar-refractivity contribution < 1.29 is 0 Å².